The summed E-state index contributed by atoms with van der Waals surface area (Å²) in [7, 11) is -11.0. The molecule has 0 saturated carbocycles. The van der Waals surface area contributed by atoms with Crippen molar-refractivity contribution in [2.75, 3.05) is 50.0 Å². The number of fused-ring (bicyclic) bond motifs is 1. The summed E-state index contributed by atoms with van der Waals surface area (Å²) in [4.78, 5) is 14.7. The lowest BCUT2D eigenvalue weighted by Crippen LogP contribution is -2.31. The lowest BCUT2D eigenvalue weighted by molar-refractivity contribution is -0.0435. The van der Waals surface area contributed by atoms with Crippen LogP contribution < -0.4 is 25.4 Å². The first-order chi connectivity index (χ1) is 29.9. The number of H-pyrrole nitrogens is 1. The summed E-state index contributed by atoms with van der Waals surface area (Å²) in [6, 6.07) is 21.7. The van der Waals surface area contributed by atoms with Crippen LogP contribution in [0.1, 0.15) is 61.9 Å². The van der Waals surface area contributed by atoms with Gasteiger partial charge in [-0.1, -0.05) is 43.2 Å². The Morgan fingerprint density at radius 2 is 1.68 bits per heavy atom. The minimum Gasteiger partial charge on any atom is -0.456 e. The number of anilines is 2. The van der Waals surface area contributed by atoms with Gasteiger partial charge in [0.25, 0.3) is 25.8 Å². The van der Waals surface area contributed by atoms with E-state index in [0.29, 0.717) is 68.2 Å². The van der Waals surface area contributed by atoms with E-state index in [4.69, 9.17) is 21.1 Å². The van der Waals surface area contributed by atoms with Crippen molar-refractivity contribution in [3.8, 4) is 11.5 Å². The molecule has 1 aliphatic heterocycles. The van der Waals surface area contributed by atoms with Gasteiger partial charge in [0.2, 0.25) is 0 Å². The van der Waals surface area contributed by atoms with Crippen LogP contribution in [0.2, 0.25) is 5.02 Å². The zero-order chi connectivity index (χ0) is 45.0. The number of alkyl halides is 3. The number of amides is 1. The van der Waals surface area contributed by atoms with E-state index in [-0.39, 0.29) is 29.2 Å². The van der Waals surface area contributed by atoms with Gasteiger partial charge >= 0.3 is 5.51 Å². The summed E-state index contributed by atoms with van der Waals surface area (Å²) in [5.41, 5.74) is -0.980. The molecule has 5 aromatic rings. The number of sulfonamides is 1. The van der Waals surface area contributed by atoms with Gasteiger partial charge in [-0.25, -0.2) is 21.6 Å². The van der Waals surface area contributed by atoms with E-state index in [1.165, 1.54) is 17.2 Å². The topological polar surface area (TPSA) is 168 Å². The highest BCUT2D eigenvalue weighted by atomic mass is 35.5. The highest BCUT2D eigenvalue weighted by Gasteiger charge is 2.48. The standard InChI is InChI=1S/C45H49ClF3N5O7S2/c1-44(2)17-13-32(38(26-44)30-3-5-33(46)6-4-30)28-50-19-20-51-34-7-10-37(41(24-34)61-35-8-11-39-31(23-35)14-18-52-39)43(55)54-63(58,59)36-9-12-40(53-27-29-15-21-60-22-16-29)42(25-36)62(56,57)45(47,48)49/h3-12,14,18,23-25,29,50-53H,13,15-17,19-22,26-28H2,1-2H3,(H,54,55). The number of carbonyl (C=O) groups is 1. The van der Waals surface area contributed by atoms with Crippen LogP contribution >= 0.6 is 11.6 Å². The predicted molar refractivity (Wildman–Crippen MR) is 239 cm³/mol. The van der Waals surface area contributed by atoms with Crippen LogP contribution in [0.5, 0.6) is 11.5 Å². The summed E-state index contributed by atoms with van der Waals surface area (Å²) < 4.78 is 108. The van der Waals surface area contributed by atoms with Crippen molar-refractivity contribution < 1.29 is 44.3 Å². The molecule has 0 radical (unpaired) electrons. The molecule has 18 heteroatoms. The fourth-order valence-corrected chi connectivity index (χ4v) is 9.90. The van der Waals surface area contributed by atoms with Gasteiger partial charge in [0.15, 0.2) is 0 Å². The average Bonchev–Trinajstić information content (AvgIpc) is 3.71. The Morgan fingerprint density at radius 1 is 0.921 bits per heavy atom. The Bertz CT molecular complexity index is 2720. The Balaban J connectivity index is 1.09. The Kier molecular flexibility index (Phi) is 13.8. The van der Waals surface area contributed by atoms with E-state index >= 15 is 0 Å². The molecule has 7 rings (SSSR count). The van der Waals surface area contributed by atoms with Gasteiger partial charge in [-0.2, -0.15) is 13.2 Å². The monoisotopic (exact) mass is 927 g/mol. The van der Waals surface area contributed by atoms with Crippen LogP contribution in [0.15, 0.2) is 106 Å². The van der Waals surface area contributed by atoms with E-state index < -0.39 is 46.8 Å². The number of ether oxygens (including phenoxy) is 2. The quantitative estimate of drug-likeness (QED) is 0.0602. The molecule has 12 nitrogen and oxygen atoms in total. The van der Waals surface area contributed by atoms with Crippen LogP contribution in [0.3, 0.4) is 0 Å². The minimum atomic E-state index is -6.02. The van der Waals surface area contributed by atoms with Gasteiger partial charge in [-0.15, -0.1) is 0 Å². The molecule has 1 saturated heterocycles. The summed E-state index contributed by atoms with van der Waals surface area (Å²) in [6.07, 6.45) is 5.96. The highest BCUT2D eigenvalue weighted by Crippen LogP contribution is 2.43. The first-order valence-corrected chi connectivity index (χ1v) is 23.9. The molecule has 336 valence electrons. The largest absolute Gasteiger partial charge is 0.501 e. The van der Waals surface area contributed by atoms with Crippen molar-refractivity contribution >= 4 is 65.2 Å². The maximum Gasteiger partial charge on any atom is 0.501 e. The van der Waals surface area contributed by atoms with Crippen molar-refractivity contribution in [2.24, 2.45) is 11.3 Å². The van der Waals surface area contributed by atoms with E-state index in [1.807, 2.05) is 22.9 Å². The van der Waals surface area contributed by atoms with Crippen molar-refractivity contribution in [1.29, 1.82) is 0 Å². The van der Waals surface area contributed by atoms with E-state index in [1.54, 1.807) is 36.5 Å². The first kappa shape index (κ1) is 45.9. The van der Waals surface area contributed by atoms with Gasteiger partial charge in [0.1, 0.15) is 16.4 Å². The summed E-state index contributed by atoms with van der Waals surface area (Å²) in [5.74, 6) is -0.854. The number of nitrogens with one attached hydrogen (secondary N) is 5. The van der Waals surface area contributed by atoms with Crippen LogP contribution in [0.4, 0.5) is 24.5 Å². The molecule has 1 aromatic heterocycles. The molecule has 0 atom stereocenters. The number of benzene rings is 4. The number of rotatable bonds is 16. The molecule has 2 heterocycles. The van der Waals surface area contributed by atoms with Crippen LogP contribution in [-0.4, -0.2) is 72.6 Å². The molecule has 0 bridgehead atoms. The molecule has 5 N–H and O–H groups in total. The number of sulfone groups is 1. The molecule has 0 unspecified atom stereocenters. The number of aromatic nitrogens is 1. The van der Waals surface area contributed by atoms with E-state index in [2.05, 4.69) is 46.9 Å². The molecule has 0 spiro atoms. The summed E-state index contributed by atoms with van der Waals surface area (Å²) in [5, 5.41) is 11.1. The smallest absolute Gasteiger partial charge is 0.456 e. The van der Waals surface area contributed by atoms with Gasteiger partial charge in [-0.05, 0) is 121 Å². The first-order valence-electron chi connectivity index (χ1n) is 20.5. The highest BCUT2D eigenvalue weighted by molar-refractivity contribution is 7.92. The Morgan fingerprint density at radius 3 is 2.43 bits per heavy atom. The summed E-state index contributed by atoms with van der Waals surface area (Å²) in [6.45, 7) is 7.35. The third-order valence-corrected chi connectivity index (χ3v) is 14.4. The van der Waals surface area contributed by atoms with E-state index in [9.17, 15) is 34.8 Å². The molecule has 1 amide bonds. The second-order valence-electron chi connectivity index (χ2n) is 16.6. The molecule has 63 heavy (non-hydrogen) atoms. The van der Waals surface area contributed by atoms with Crippen LogP contribution in [0.25, 0.3) is 16.5 Å². The number of carbonyl (C=O) groups excluding carboxylic acids is 1. The third kappa shape index (κ3) is 11.2. The fraction of sp³-hybridized carbons (Fsp3) is 0.356. The van der Waals surface area contributed by atoms with Crippen molar-refractivity contribution in [2.45, 2.75) is 61.3 Å². The molecular weight excluding hydrogens is 879 g/mol. The van der Waals surface area contributed by atoms with Gasteiger partial charge in [0.05, 0.1) is 16.1 Å². The van der Waals surface area contributed by atoms with Gasteiger partial charge in [0, 0.05) is 73.3 Å². The van der Waals surface area contributed by atoms with Gasteiger partial charge in [-0.3, -0.25) is 4.79 Å². The third-order valence-electron chi connectivity index (χ3n) is 11.3. The molecule has 4 aromatic carbocycles. The lowest BCUT2D eigenvalue weighted by atomic mass is 9.72. The Labute approximate surface area is 370 Å². The maximum absolute atomic E-state index is 13.9. The van der Waals surface area contributed by atoms with E-state index in [0.717, 1.165) is 47.9 Å². The van der Waals surface area contributed by atoms with Crippen molar-refractivity contribution in [1.82, 2.24) is 15.0 Å². The predicted octanol–water partition coefficient (Wildman–Crippen LogP) is 9.53. The fourth-order valence-electron chi connectivity index (χ4n) is 7.75. The number of aromatic amines is 1. The summed E-state index contributed by atoms with van der Waals surface area (Å²) >= 11 is 6.17. The zero-order valence-corrected chi connectivity index (χ0v) is 37.1. The maximum atomic E-state index is 13.9. The van der Waals surface area contributed by atoms with Gasteiger partial charge < -0.3 is 30.4 Å². The molecule has 2 aliphatic rings. The molecular formula is C45H49ClF3N5O7S2. The lowest BCUT2D eigenvalue weighted by Gasteiger charge is -2.34. The number of halogens is 4. The normalized spacial score (nSPS) is 16.2. The Hall–Kier alpha value is -5.07. The zero-order valence-electron chi connectivity index (χ0n) is 34.7. The van der Waals surface area contributed by atoms with Crippen molar-refractivity contribution in [3.63, 3.8) is 0 Å². The van der Waals surface area contributed by atoms with Crippen molar-refractivity contribution in [3.05, 3.63) is 113 Å². The minimum absolute atomic E-state index is 0.00513. The second-order valence-corrected chi connectivity index (χ2v) is 20.6. The number of hydrogen-bond donors (Lipinski definition) is 5. The SMILES string of the molecule is CC1(C)CCC(CNCCNc2ccc(C(=O)NS(=O)(=O)c3ccc(NCC4CCOCC4)c(S(=O)(=O)C(F)(F)F)c3)c(Oc3ccc4[nH]ccc4c3)c2)=C(c2ccc(Cl)cc2)C1. The molecule has 1 aliphatic carbocycles. The second kappa shape index (κ2) is 19.0. The number of hydrogen-bond acceptors (Lipinski definition) is 10. The average molecular weight is 928 g/mol. The van der Waals surface area contributed by atoms with Crippen LogP contribution in [-0.2, 0) is 24.6 Å². The molecule has 1 fully saturated rings. The number of allylic oxidation sites excluding steroid dienone is 1. The van der Waals surface area contributed by atoms with Crippen LogP contribution in [0, 0.1) is 11.3 Å².